The van der Waals surface area contributed by atoms with Crippen LogP contribution >= 0.6 is 0 Å². The van der Waals surface area contributed by atoms with Gasteiger partial charge in [0.15, 0.2) is 0 Å². The summed E-state index contributed by atoms with van der Waals surface area (Å²) in [5, 5.41) is 6.03. The number of hydrogen-bond acceptors (Lipinski definition) is 4. The first-order chi connectivity index (χ1) is 11.6. The Labute approximate surface area is 140 Å². The maximum atomic E-state index is 12.4. The number of benzene rings is 2. The average molecular weight is 318 g/mol. The van der Waals surface area contributed by atoms with E-state index in [0.29, 0.717) is 5.82 Å². The van der Waals surface area contributed by atoms with Crippen LogP contribution in [-0.4, -0.2) is 15.9 Å². The predicted octanol–water partition coefficient (Wildman–Crippen LogP) is 4.09. The molecule has 24 heavy (non-hydrogen) atoms. The first kappa shape index (κ1) is 15.7. The molecule has 0 bridgehead atoms. The van der Waals surface area contributed by atoms with Gasteiger partial charge in [0, 0.05) is 11.4 Å². The highest BCUT2D eigenvalue weighted by Crippen LogP contribution is 2.20. The summed E-state index contributed by atoms with van der Waals surface area (Å²) in [6.07, 6.45) is 3.01. The Morgan fingerprint density at radius 3 is 2.21 bits per heavy atom. The van der Waals surface area contributed by atoms with Crippen molar-refractivity contribution in [1.82, 2.24) is 9.97 Å². The highest BCUT2D eigenvalue weighted by molar-refractivity contribution is 6.03. The third-order valence-corrected chi connectivity index (χ3v) is 3.65. The van der Waals surface area contributed by atoms with Gasteiger partial charge in [-0.05, 0) is 37.1 Å². The molecule has 0 spiro atoms. The van der Waals surface area contributed by atoms with E-state index in [2.05, 4.69) is 20.6 Å². The molecule has 120 valence electrons. The van der Waals surface area contributed by atoms with Gasteiger partial charge < -0.3 is 10.6 Å². The van der Waals surface area contributed by atoms with Crippen molar-refractivity contribution in [3.63, 3.8) is 0 Å². The number of carbonyl (C=O) groups excluding carboxylic acids is 1. The zero-order valence-electron chi connectivity index (χ0n) is 13.6. The molecule has 2 N–H and O–H groups in total. The van der Waals surface area contributed by atoms with E-state index in [1.807, 2.05) is 62.4 Å². The van der Waals surface area contributed by atoms with Crippen molar-refractivity contribution in [2.75, 3.05) is 10.6 Å². The van der Waals surface area contributed by atoms with Crippen LogP contribution in [0.4, 0.5) is 17.2 Å². The van der Waals surface area contributed by atoms with E-state index in [4.69, 9.17) is 0 Å². The zero-order valence-corrected chi connectivity index (χ0v) is 13.6. The number of hydrogen-bond donors (Lipinski definition) is 2. The van der Waals surface area contributed by atoms with Crippen molar-refractivity contribution in [2.24, 2.45) is 0 Å². The van der Waals surface area contributed by atoms with Crippen LogP contribution in [0.25, 0.3) is 0 Å². The molecule has 0 unspecified atom stereocenters. The van der Waals surface area contributed by atoms with Crippen LogP contribution in [0, 0.1) is 13.8 Å². The fraction of sp³-hybridized carbons (Fsp3) is 0.105. The molecular weight excluding hydrogens is 300 g/mol. The molecule has 3 rings (SSSR count). The van der Waals surface area contributed by atoms with Crippen LogP contribution in [-0.2, 0) is 0 Å². The lowest BCUT2D eigenvalue weighted by atomic mass is 10.1. The second kappa shape index (κ2) is 6.91. The molecule has 5 nitrogen and oxygen atoms in total. The summed E-state index contributed by atoms with van der Waals surface area (Å²) in [5.74, 6) is 0.316. The number of amides is 1. The van der Waals surface area contributed by atoms with E-state index in [0.717, 1.165) is 22.5 Å². The number of anilines is 3. The maximum Gasteiger partial charge on any atom is 0.275 e. The Morgan fingerprint density at radius 1 is 0.875 bits per heavy atom. The standard InChI is InChI=1S/C19H18N4O/c1-13-7-6-8-14(2)18(13)23-19(24)16-11-21-17(12-20-16)22-15-9-4-3-5-10-15/h3-12H,1-2H3,(H,21,22)(H,23,24). The Hall–Kier alpha value is -3.21. The third kappa shape index (κ3) is 3.57. The SMILES string of the molecule is Cc1cccc(C)c1NC(=O)c1cnc(Nc2ccccc2)cn1. The predicted molar refractivity (Wildman–Crippen MR) is 95.6 cm³/mol. The van der Waals surface area contributed by atoms with E-state index in [1.54, 1.807) is 6.20 Å². The molecule has 0 saturated heterocycles. The fourth-order valence-electron chi connectivity index (χ4n) is 2.37. The van der Waals surface area contributed by atoms with Gasteiger partial charge in [-0.2, -0.15) is 0 Å². The monoisotopic (exact) mass is 318 g/mol. The average Bonchev–Trinajstić information content (AvgIpc) is 2.60. The summed E-state index contributed by atoms with van der Waals surface area (Å²) in [4.78, 5) is 20.8. The Morgan fingerprint density at radius 2 is 1.58 bits per heavy atom. The van der Waals surface area contributed by atoms with Gasteiger partial charge in [0.2, 0.25) is 0 Å². The van der Waals surface area contributed by atoms with Crippen LogP contribution in [0.5, 0.6) is 0 Å². The Bertz CT molecular complexity index is 825. The van der Waals surface area contributed by atoms with Gasteiger partial charge in [-0.3, -0.25) is 4.79 Å². The van der Waals surface area contributed by atoms with Gasteiger partial charge in [0.1, 0.15) is 11.5 Å². The largest absolute Gasteiger partial charge is 0.339 e. The van der Waals surface area contributed by atoms with Crippen molar-refractivity contribution >= 4 is 23.1 Å². The van der Waals surface area contributed by atoms with Crippen molar-refractivity contribution in [1.29, 1.82) is 0 Å². The van der Waals surface area contributed by atoms with Crippen LogP contribution in [0.15, 0.2) is 60.9 Å². The zero-order chi connectivity index (χ0) is 16.9. The normalized spacial score (nSPS) is 10.2. The second-order valence-corrected chi connectivity index (χ2v) is 5.50. The summed E-state index contributed by atoms with van der Waals surface area (Å²) >= 11 is 0. The number of carbonyl (C=O) groups is 1. The first-order valence-corrected chi connectivity index (χ1v) is 7.65. The minimum atomic E-state index is -0.272. The summed E-state index contributed by atoms with van der Waals surface area (Å²) in [5.41, 5.74) is 4.03. The summed E-state index contributed by atoms with van der Waals surface area (Å²) in [6.45, 7) is 3.92. The topological polar surface area (TPSA) is 66.9 Å². The summed E-state index contributed by atoms with van der Waals surface area (Å²) in [7, 11) is 0. The van der Waals surface area contributed by atoms with Gasteiger partial charge >= 0.3 is 0 Å². The molecule has 0 atom stereocenters. The summed E-state index contributed by atoms with van der Waals surface area (Å²) in [6, 6.07) is 15.6. The number of para-hydroxylation sites is 2. The quantitative estimate of drug-likeness (QED) is 0.760. The molecular formula is C19H18N4O. The molecule has 5 heteroatoms. The molecule has 0 aliphatic carbocycles. The van der Waals surface area contributed by atoms with E-state index >= 15 is 0 Å². The van der Waals surface area contributed by atoms with E-state index in [9.17, 15) is 4.79 Å². The van der Waals surface area contributed by atoms with Crippen LogP contribution in [0.1, 0.15) is 21.6 Å². The maximum absolute atomic E-state index is 12.4. The number of nitrogens with zero attached hydrogens (tertiary/aromatic N) is 2. The first-order valence-electron chi connectivity index (χ1n) is 7.65. The van der Waals surface area contributed by atoms with Gasteiger partial charge in [0.25, 0.3) is 5.91 Å². The second-order valence-electron chi connectivity index (χ2n) is 5.50. The number of nitrogens with one attached hydrogen (secondary N) is 2. The lowest BCUT2D eigenvalue weighted by Crippen LogP contribution is -2.15. The molecule has 1 aromatic heterocycles. The Balaban J connectivity index is 1.72. The van der Waals surface area contributed by atoms with Crippen LogP contribution < -0.4 is 10.6 Å². The van der Waals surface area contributed by atoms with Gasteiger partial charge in [-0.15, -0.1) is 0 Å². The molecule has 1 amide bonds. The van der Waals surface area contributed by atoms with Gasteiger partial charge in [0.05, 0.1) is 12.4 Å². The molecule has 3 aromatic rings. The van der Waals surface area contributed by atoms with Crippen molar-refractivity contribution in [3.05, 3.63) is 77.7 Å². The van der Waals surface area contributed by atoms with Crippen molar-refractivity contribution < 1.29 is 4.79 Å². The number of rotatable bonds is 4. The summed E-state index contributed by atoms with van der Waals surface area (Å²) < 4.78 is 0. The fourth-order valence-corrected chi connectivity index (χ4v) is 2.37. The van der Waals surface area contributed by atoms with Crippen LogP contribution in [0.3, 0.4) is 0 Å². The lowest BCUT2D eigenvalue weighted by molar-refractivity contribution is 0.102. The van der Waals surface area contributed by atoms with Gasteiger partial charge in [-0.1, -0.05) is 36.4 Å². The van der Waals surface area contributed by atoms with Gasteiger partial charge in [-0.25, -0.2) is 9.97 Å². The van der Waals surface area contributed by atoms with E-state index in [1.165, 1.54) is 6.20 Å². The van der Waals surface area contributed by atoms with Crippen LogP contribution in [0.2, 0.25) is 0 Å². The van der Waals surface area contributed by atoms with E-state index < -0.39 is 0 Å². The van der Waals surface area contributed by atoms with Crippen molar-refractivity contribution in [3.8, 4) is 0 Å². The molecule has 0 saturated carbocycles. The Kier molecular flexibility index (Phi) is 4.52. The number of aromatic nitrogens is 2. The molecule has 0 aliphatic rings. The minimum absolute atomic E-state index is 0.272. The molecule has 1 heterocycles. The third-order valence-electron chi connectivity index (χ3n) is 3.65. The van der Waals surface area contributed by atoms with Crippen molar-refractivity contribution in [2.45, 2.75) is 13.8 Å². The molecule has 0 aliphatic heterocycles. The molecule has 0 radical (unpaired) electrons. The molecule has 2 aromatic carbocycles. The highest BCUT2D eigenvalue weighted by atomic mass is 16.1. The smallest absolute Gasteiger partial charge is 0.275 e. The lowest BCUT2D eigenvalue weighted by Gasteiger charge is -2.11. The number of aryl methyl sites for hydroxylation is 2. The van der Waals surface area contributed by atoms with E-state index in [-0.39, 0.29) is 11.6 Å². The molecule has 0 fully saturated rings. The minimum Gasteiger partial charge on any atom is -0.339 e. The highest BCUT2D eigenvalue weighted by Gasteiger charge is 2.11.